The Hall–Kier alpha value is -1.08. The average molecular weight is 286 g/mol. The van der Waals surface area contributed by atoms with Gasteiger partial charge in [-0.2, -0.15) is 5.10 Å². The molecule has 1 aromatic heterocycles. The number of nitrogens with one attached hydrogen (secondary N) is 1. The maximum Gasteiger partial charge on any atom is 0.325 e. The molecule has 0 bridgehead atoms. The molecule has 0 amide bonds. The predicted molar refractivity (Wildman–Crippen MR) is 75.0 cm³/mol. The SMILES string of the molecule is CCNC(C)(CC(C)Sc1ncnn1C)C(=O)OC. The highest BCUT2D eigenvalue weighted by molar-refractivity contribution is 7.99. The molecule has 1 rings (SSSR count). The molecule has 0 fully saturated rings. The Kier molecular flexibility index (Phi) is 5.81. The summed E-state index contributed by atoms with van der Waals surface area (Å²) in [5.41, 5.74) is -0.672. The summed E-state index contributed by atoms with van der Waals surface area (Å²) in [6.45, 7) is 6.63. The van der Waals surface area contributed by atoms with E-state index in [2.05, 4.69) is 22.3 Å². The lowest BCUT2D eigenvalue weighted by molar-refractivity contribution is -0.148. The monoisotopic (exact) mass is 286 g/mol. The Morgan fingerprint density at radius 2 is 2.37 bits per heavy atom. The van der Waals surface area contributed by atoms with Gasteiger partial charge in [-0.25, -0.2) is 9.67 Å². The highest BCUT2D eigenvalue weighted by atomic mass is 32.2. The van der Waals surface area contributed by atoms with Crippen LogP contribution in [0.2, 0.25) is 0 Å². The average Bonchev–Trinajstić information content (AvgIpc) is 2.74. The Labute approximate surface area is 118 Å². The molecule has 0 aliphatic heterocycles. The van der Waals surface area contributed by atoms with E-state index in [1.54, 1.807) is 16.4 Å². The number of carbonyl (C=O) groups is 1. The number of hydrogen-bond acceptors (Lipinski definition) is 6. The lowest BCUT2D eigenvalue weighted by Crippen LogP contribution is -2.51. The van der Waals surface area contributed by atoms with Gasteiger partial charge < -0.3 is 10.1 Å². The van der Waals surface area contributed by atoms with E-state index in [4.69, 9.17) is 4.74 Å². The fourth-order valence-electron chi connectivity index (χ4n) is 2.03. The maximum atomic E-state index is 11.9. The summed E-state index contributed by atoms with van der Waals surface area (Å²) >= 11 is 1.60. The number of methoxy groups -OCH3 is 1. The molecule has 6 nitrogen and oxygen atoms in total. The third-order valence-electron chi connectivity index (χ3n) is 2.88. The van der Waals surface area contributed by atoms with Gasteiger partial charge in [0.1, 0.15) is 11.9 Å². The van der Waals surface area contributed by atoms with E-state index in [1.807, 2.05) is 20.9 Å². The van der Waals surface area contributed by atoms with Crippen molar-refractivity contribution in [3.63, 3.8) is 0 Å². The first-order valence-electron chi connectivity index (χ1n) is 6.27. The lowest BCUT2D eigenvalue weighted by Gasteiger charge is -2.29. The van der Waals surface area contributed by atoms with Crippen molar-refractivity contribution in [2.75, 3.05) is 13.7 Å². The van der Waals surface area contributed by atoms with Gasteiger partial charge in [-0.3, -0.25) is 4.79 Å². The molecule has 1 heterocycles. The zero-order valence-electron chi connectivity index (χ0n) is 12.1. The molecule has 1 N–H and O–H groups in total. The normalized spacial score (nSPS) is 15.8. The third-order valence-corrected chi connectivity index (χ3v) is 4.02. The van der Waals surface area contributed by atoms with Crippen molar-refractivity contribution in [3.8, 4) is 0 Å². The minimum absolute atomic E-state index is 0.214. The molecule has 0 aliphatic carbocycles. The molecule has 0 saturated carbocycles. The van der Waals surface area contributed by atoms with E-state index in [0.717, 1.165) is 5.16 Å². The number of hydrogen-bond donors (Lipinski definition) is 1. The molecular formula is C12H22N4O2S. The van der Waals surface area contributed by atoms with Crippen LogP contribution in [0.15, 0.2) is 11.5 Å². The Bertz CT molecular complexity index is 424. The van der Waals surface area contributed by atoms with Gasteiger partial charge in [0.25, 0.3) is 0 Å². The fourth-order valence-corrected chi connectivity index (χ4v) is 3.12. The molecule has 2 atom stereocenters. The van der Waals surface area contributed by atoms with E-state index >= 15 is 0 Å². The zero-order valence-corrected chi connectivity index (χ0v) is 13.0. The molecule has 0 radical (unpaired) electrons. The molecule has 0 aliphatic rings. The van der Waals surface area contributed by atoms with Crippen LogP contribution >= 0.6 is 11.8 Å². The van der Waals surface area contributed by atoms with E-state index in [-0.39, 0.29) is 11.2 Å². The van der Waals surface area contributed by atoms with Crippen LogP contribution in [0.3, 0.4) is 0 Å². The van der Waals surface area contributed by atoms with Crippen molar-refractivity contribution >= 4 is 17.7 Å². The Balaban J connectivity index is 2.69. The molecule has 1 aromatic rings. The van der Waals surface area contributed by atoms with Crippen molar-refractivity contribution < 1.29 is 9.53 Å². The number of likely N-dealkylation sites (N-methyl/N-ethyl adjacent to an activating group) is 1. The van der Waals surface area contributed by atoms with E-state index in [0.29, 0.717) is 13.0 Å². The van der Waals surface area contributed by atoms with Crippen LogP contribution in [-0.2, 0) is 16.6 Å². The smallest absolute Gasteiger partial charge is 0.325 e. The Morgan fingerprint density at radius 1 is 1.68 bits per heavy atom. The number of aromatic nitrogens is 3. The van der Waals surface area contributed by atoms with Crippen molar-refractivity contribution in [3.05, 3.63) is 6.33 Å². The molecular weight excluding hydrogens is 264 g/mol. The summed E-state index contributed by atoms with van der Waals surface area (Å²) in [6, 6.07) is 0. The lowest BCUT2D eigenvalue weighted by atomic mass is 9.96. The quantitative estimate of drug-likeness (QED) is 0.600. The second kappa shape index (κ2) is 6.91. The van der Waals surface area contributed by atoms with Crippen LogP contribution in [0.25, 0.3) is 0 Å². The highest BCUT2D eigenvalue weighted by Crippen LogP contribution is 2.27. The van der Waals surface area contributed by atoms with Crippen LogP contribution < -0.4 is 5.32 Å². The topological polar surface area (TPSA) is 69.0 Å². The second-order valence-electron chi connectivity index (χ2n) is 4.65. The first-order chi connectivity index (χ1) is 8.92. The summed E-state index contributed by atoms with van der Waals surface area (Å²) in [4.78, 5) is 16.1. The molecule has 7 heteroatoms. The van der Waals surface area contributed by atoms with Crippen molar-refractivity contribution in [2.24, 2.45) is 7.05 Å². The second-order valence-corrected chi connectivity index (χ2v) is 6.06. The number of esters is 1. The molecule has 0 saturated heterocycles. The van der Waals surface area contributed by atoms with Crippen LogP contribution in [0.1, 0.15) is 27.2 Å². The summed E-state index contributed by atoms with van der Waals surface area (Å²) in [7, 11) is 3.27. The standard InChI is InChI=1S/C12H22N4O2S/c1-6-14-12(3,10(17)18-5)7-9(2)19-11-13-8-15-16(11)4/h8-9,14H,6-7H2,1-5H3. The minimum Gasteiger partial charge on any atom is -0.468 e. The van der Waals surface area contributed by atoms with Crippen LogP contribution in [0.5, 0.6) is 0 Å². The van der Waals surface area contributed by atoms with Crippen LogP contribution in [0.4, 0.5) is 0 Å². The van der Waals surface area contributed by atoms with Gasteiger partial charge in [-0.1, -0.05) is 25.6 Å². The fraction of sp³-hybridized carbons (Fsp3) is 0.750. The van der Waals surface area contributed by atoms with Gasteiger partial charge >= 0.3 is 5.97 Å². The predicted octanol–water partition coefficient (Wildman–Crippen LogP) is 1.23. The highest BCUT2D eigenvalue weighted by Gasteiger charge is 2.35. The largest absolute Gasteiger partial charge is 0.468 e. The number of aryl methyl sites for hydroxylation is 1. The van der Waals surface area contributed by atoms with Gasteiger partial charge in [-0.05, 0) is 19.9 Å². The summed E-state index contributed by atoms with van der Waals surface area (Å²) in [5.74, 6) is -0.236. The summed E-state index contributed by atoms with van der Waals surface area (Å²) in [5, 5.41) is 8.29. The first-order valence-corrected chi connectivity index (χ1v) is 7.15. The van der Waals surface area contributed by atoms with E-state index < -0.39 is 5.54 Å². The summed E-state index contributed by atoms with van der Waals surface area (Å²) in [6.07, 6.45) is 2.18. The summed E-state index contributed by atoms with van der Waals surface area (Å²) < 4.78 is 6.61. The van der Waals surface area contributed by atoms with Gasteiger partial charge in [0.15, 0.2) is 5.16 Å². The number of thioether (sulfide) groups is 1. The number of rotatable bonds is 7. The van der Waals surface area contributed by atoms with E-state index in [1.165, 1.54) is 13.4 Å². The van der Waals surface area contributed by atoms with Gasteiger partial charge in [0, 0.05) is 12.3 Å². The number of ether oxygens (including phenoxy) is 1. The van der Waals surface area contributed by atoms with Gasteiger partial charge in [-0.15, -0.1) is 0 Å². The van der Waals surface area contributed by atoms with Crippen molar-refractivity contribution in [1.82, 2.24) is 20.1 Å². The molecule has 2 unspecified atom stereocenters. The van der Waals surface area contributed by atoms with E-state index in [9.17, 15) is 4.79 Å². The van der Waals surface area contributed by atoms with Gasteiger partial charge in [0.2, 0.25) is 0 Å². The first kappa shape index (κ1) is 16.0. The Morgan fingerprint density at radius 3 is 2.84 bits per heavy atom. The molecule has 19 heavy (non-hydrogen) atoms. The molecule has 108 valence electrons. The maximum absolute atomic E-state index is 11.9. The zero-order chi connectivity index (χ0) is 14.5. The number of carbonyl (C=O) groups excluding carboxylic acids is 1. The van der Waals surface area contributed by atoms with Crippen LogP contribution in [-0.4, -0.2) is 45.2 Å². The minimum atomic E-state index is -0.672. The number of nitrogens with zero attached hydrogens (tertiary/aromatic N) is 3. The molecule has 0 aromatic carbocycles. The van der Waals surface area contributed by atoms with Crippen LogP contribution in [0, 0.1) is 0 Å². The molecule has 0 spiro atoms. The van der Waals surface area contributed by atoms with Crippen molar-refractivity contribution in [2.45, 2.75) is 43.1 Å². The third kappa shape index (κ3) is 4.21. The van der Waals surface area contributed by atoms with Gasteiger partial charge in [0.05, 0.1) is 7.11 Å². The van der Waals surface area contributed by atoms with Crippen molar-refractivity contribution in [1.29, 1.82) is 0 Å².